The van der Waals surface area contributed by atoms with Crippen molar-refractivity contribution in [3.63, 3.8) is 0 Å². The first-order valence-corrected chi connectivity index (χ1v) is 8.50. The summed E-state index contributed by atoms with van der Waals surface area (Å²) in [6.45, 7) is 5.89. The van der Waals surface area contributed by atoms with E-state index in [0.29, 0.717) is 5.76 Å². The maximum Gasteiger partial charge on any atom is 0.263 e. The number of halogens is 1. The highest BCUT2D eigenvalue weighted by atomic mass is 127. The van der Waals surface area contributed by atoms with Crippen LogP contribution in [0.1, 0.15) is 26.5 Å². The molecule has 0 fully saturated rings. The van der Waals surface area contributed by atoms with Gasteiger partial charge in [0, 0.05) is 15.1 Å². The second kappa shape index (κ2) is 5.36. The number of hydrogen-bond acceptors (Lipinski definition) is 4. The maximum absolute atomic E-state index is 12.2. The Bertz CT molecular complexity index is 700. The molecular formula is C13H15IN2O3S. The van der Waals surface area contributed by atoms with Crippen molar-refractivity contribution in [1.29, 1.82) is 0 Å². The Balaban J connectivity index is 2.25. The van der Waals surface area contributed by atoms with E-state index >= 15 is 0 Å². The van der Waals surface area contributed by atoms with E-state index in [9.17, 15) is 8.42 Å². The molecule has 0 aliphatic heterocycles. The lowest BCUT2D eigenvalue weighted by Gasteiger charge is -2.12. The summed E-state index contributed by atoms with van der Waals surface area (Å²) < 4.78 is 32.9. The van der Waals surface area contributed by atoms with Crippen LogP contribution in [0, 0.1) is 3.57 Å². The van der Waals surface area contributed by atoms with Gasteiger partial charge in [0.25, 0.3) is 10.0 Å². The third-order valence-corrected chi connectivity index (χ3v) is 4.70. The van der Waals surface area contributed by atoms with Crippen LogP contribution in [0.3, 0.4) is 0 Å². The van der Waals surface area contributed by atoms with Gasteiger partial charge in [0.1, 0.15) is 5.76 Å². The molecule has 2 rings (SSSR count). The van der Waals surface area contributed by atoms with Gasteiger partial charge in [-0.2, -0.15) is 0 Å². The summed E-state index contributed by atoms with van der Waals surface area (Å²) in [7, 11) is -3.64. The Morgan fingerprint density at radius 2 is 1.80 bits per heavy atom. The van der Waals surface area contributed by atoms with Gasteiger partial charge in [-0.05, 0) is 46.9 Å². The molecule has 0 aliphatic rings. The lowest BCUT2D eigenvalue weighted by Crippen LogP contribution is -2.13. The number of rotatable bonds is 3. The van der Waals surface area contributed by atoms with Gasteiger partial charge in [0.15, 0.2) is 5.82 Å². The van der Waals surface area contributed by atoms with Crippen LogP contribution in [0.4, 0.5) is 5.82 Å². The molecule has 1 aromatic heterocycles. The van der Waals surface area contributed by atoms with E-state index in [1.54, 1.807) is 30.3 Å². The molecule has 0 bridgehead atoms. The minimum Gasteiger partial charge on any atom is -0.359 e. The molecule has 0 atom stereocenters. The van der Waals surface area contributed by atoms with Crippen LogP contribution in [0.15, 0.2) is 39.8 Å². The standard InChI is InChI=1S/C13H15IN2O3S/c1-13(2,3)11-8-12(15-19-11)16-20(17,18)10-6-4-9(14)5-7-10/h4-8H,1-3H3,(H,15,16). The molecule has 1 aromatic carbocycles. The van der Waals surface area contributed by atoms with Gasteiger partial charge in [-0.15, -0.1) is 0 Å². The largest absolute Gasteiger partial charge is 0.359 e. The summed E-state index contributed by atoms with van der Waals surface area (Å²) in [5, 5.41) is 3.74. The lowest BCUT2D eigenvalue weighted by molar-refractivity contribution is 0.331. The van der Waals surface area contributed by atoms with E-state index in [2.05, 4.69) is 32.5 Å². The number of hydrogen-bond donors (Lipinski definition) is 1. The van der Waals surface area contributed by atoms with Gasteiger partial charge >= 0.3 is 0 Å². The molecule has 0 saturated heterocycles. The SMILES string of the molecule is CC(C)(C)c1cc(NS(=O)(=O)c2ccc(I)cc2)no1. The Kier molecular flexibility index (Phi) is 4.10. The van der Waals surface area contributed by atoms with Gasteiger partial charge in [-0.1, -0.05) is 25.9 Å². The van der Waals surface area contributed by atoms with Crippen LogP contribution in [0.25, 0.3) is 0 Å². The number of nitrogens with zero attached hydrogens (tertiary/aromatic N) is 1. The van der Waals surface area contributed by atoms with Crippen molar-refractivity contribution in [3.8, 4) is 0 Å². The maximum atomic E-state index is 12.2. The van der Waals surface area contributed by atoms with Crippen LogP contribution < -0.4 is 4.72 Å². The Labute approximate surface area is 131 Å². The van der Waals surface area contributed by atoms with Crippen molar-refractivity contribution in [1.82, 2.24) is 5.16 Å². The average molecular weight is 406 g/mol. The topological polar surface area (TPSA) is 72.2 Å². The number of benzene rings is 1. The first-order valence-electron chi connectivity index (χ1n) is 5.94. The number of aromatic nitrogens is 1. The van der Waals surface area contributed by atoms with Crippen molar-refractivity contribution in [2.45, 2.75) is 31.1 Å². The Morgan fingerprint density at radius 1 is 1.20 bits per heavy atom. The summed E-state index contributed by atoms with van der Waals surface area (Å²) in [6, 6.07) is 8.17. The first kappa shape index (κ1) is 15.3. The fourth-order valence-corrected chi connectivity index (χ4v) is 2.83. The molecule has 20 heavy (non-hydrogen) atoms. The van der Waals surface area contributed by atoms with Crippen molar-refractivity contribution >= 4 is 38.4 Å². The van der Waals surface area contributed by atoms with Crippen LogP contribution in [0.5, 0.6) is 0 Å². The Morgan fingerprint density at radius 3 is 2.30 bits per heavy atom. The van der Waals surface area contributed by atoms with Crippen molar-refractivity contribution in [3.05, 3.63) is 39.7 Å². The predicted octanol–water partition coefficient (Wildman–Crippen LogP) is 3.38. The summed E-state index contributed by atoms with van der Waals surface area (Å²) in [5.74, 6) is 0.811. The highest BCUT2D eigenvalue weighted by molar-refractivity contribution is 14.1. The Hall–Kier alpha value is -1.09. The molecule has 1 heterocycles. The van der Waals surface area contributed by atoms with E-state index in [-0.39, 0.29) is 16.1 Å². The predicted molar refractivity (Wildman–Crippen MR) is 85.2 cm³/mol. The fraction of sp³-hybridized carbons (Fsp3) is 0.308. The third kappa shape index (κ3) is 3.51. The number of anilines is 1. The van der Waals surface area contributed by atoms with E-state index in [1.807, 2.05) is 20.8 Å². The van der Waals surface area contributed by atoms with Crippen LogP contribution >= 0.6 is 22.6 Å². The van der Waals surface area contributed by atoms with Gasteiger partial charge in [-0.3, -0.25) is 4.72 Å². The molecule has 0 amide bonds. The fourth-order valence-electron chi connectivity index (χ4n) is 1.49. The van der Waals surface area contributed by atoms with Crippen molar-refractivity contribution < 1.29 is 12.9 Å². The van der Waals surface area contributed by atoms with Gasteiger partial charge in [0.2, 0.25) is 0 Å². The van der Waals surface area contributed by atoms with E-state index in [0.717, 1.165) is 3.57 Å². The van der Waals surface area contributed by atoms with Crippen LogP contribution in [-0.2, 0) is 15.4 Å². The molecular weight excluding hydrogens is 391 g/mol. The number of sulfonamides is 1. The molecule has 2 aromatic rings. The summed E-state index contributed by atoms with van der Waals surface area (Å²) in [4.78, 5) is 0.193. The zero-order valence-electron chi connectivity index (χ0n) is 11.3. The summed E-state index contributed by atoms with van der Waals surface area (Å²) >= 11 is 2.12. The molecule has 0 aliphatic carbocycles. The molecule has 1 N–H and O–H groups in total. The van der Waals surface area contributed by atoms with Crippen molar-refractivity contribution in [2.75, 3.05) is 4.72 Å². The average Bonchev–Trinajstić information content (AvgIpc) is 2.77. The van der Waals surface area contributed by atoms with E-state index in [1.165, 1.54) is 0 Å². The molecule has 0 saturated carbocycles. The summed E-state index contributed by atoms with van der Waals surface area (Å²) in [5.41, 5.74) is -0.223. The molecule has 5 nitrogen and oxygen atoms in total. The first-order chi connectivity index (χ1) is 9.18. The zero-order chi connectivity index (χ0) is 15.0. The minimum absolute atomic E-state index is 0.188. The van der Waals surface area contributed by atoms with Gasteiger partial charge in [0.05, 0.1) is 4.90 Å². The van der Waals surface area contributed by atoms with Gasteiger partial charge < -0.3 is 4.52 Å². The molecule has 0 unspecified atom stereocenters. The van der Waals surface area contributed by atoms with E-state index in [4.69, 9.17) is 4.52 Å². The lowest BCUT2D eigenvalue weighted by atomic mass is 9.93. The second-order valence-corrected chi connectivity index (χ2v) is 8.31. The van der Waals surface area contributed by atoms with Crippen molar-refractivity contribution in [2.24, 2.45) is 0 Å². The summed E-state index contributed by atoms with van der Waals surface area (Å²) in [6.07, 6.45) is 0. The molecule has 7 heteroatoms. The zero-order valence-corrected chi connectivity index (χ0v) is 14.3. The monoisotopic (exact) mass is 406 g/mol. The smallest absolute Gasteiger partial charge is 0.263 e. The van der Waals surface area contributed by atoms with Crippen LogP contribution in [-0.4, -0.2) is 13.6 Å². The quantitative estimate of drug-likeness (QED) is 0.794. The minimum atomic E-state index is -3.64. The normalized spacial score (nSPS) is 12.4. The highest BCUT2D eigenvalue weighted by Gasteiger charge is 2.22. The van der Waals surface area contributed by atoms with Gasteiger partial charge in [-0.25, -0.2) is 8.42 Å². The number of nitrogens with one attached hydrogen (secondary N) is 1. The van der Waals surface area contributed by atoms with Crippen LogP contribution in [0.2, 0.25) is 0 Å². The highest BCUT2D eigenvalue weighted by Crippen LogP contribution is 2.25. The second-order valence-electron chi connectivity index (χ2n) is 5.39. The molecule has 0 spiro atoms. The molecule has 0 radical (unpaired) electrons. The van der Waals surface area contributed by atoms with E-state index < -0.39 is 10.0 Å². The third-order valence-electron chi connectivity index (χ3n) is 2.61. The molecule has 108 valence electrons.